The van der Waals surface area contributed by atoms with Crippen LogP contribution in [-0.4, -0.2) is 23.8 Å². The van der Waals surface area contributed by atoms with Gasteiger partial charge in [-0.05, 0) is 34.2 Å². The van der Waals surface area contributed by atoms with Crippen LogP contribution in [0.4, 0.5) is 0 Å². The summed E-state index contributed by atoms with van der Waals surface area (Å²) in [7, 11) is 1.57. The van der Waals surface area contributed by atoms with Gasteiger partial charge in [-0.15, -0.1) is 0 Å². The molecule has 0 amide bonds. The molecule has 3 N–H and O–H groups in total. The van der Waals surface area contributed by atoms with E-state index in [2.05, 4.69) is 22.6 Å². The molecule has 1 aromatic carbocycles. The number of rotatable bonds is 5. The summed E-state index contributed by atoms with van der Waals surface area (Å²) in [5.41, 5.74) is 1.85. The second-order valence-corrected chi connectivity index (χ2v) is 5.78. The van der Waals surface area contributed by atoms with Crippen molar-refractivity contribution in [3.8, 4) is 0 Å². The molecule has 0 aliphatic heterocycles. The van der Waals surface area contributed by atoms with E-state index in [9.17, 15) is 0 Å². The standard InChI is InChI=1S/C15H17IN2O3/c1-20-13-9-15(14(17)18-19,8-7-12(13)16)21-10-11-5-3-2-4-6-11/h2-7,9,19H,8,10H2,1H3,(H2,17,18). The van der Waals surface area contributed by atoms with Crippen LogP contribution in [0.3, 0.4) is 0 Å². The van der Waals surface area contributed by atoms with Gasteiger partial charge < -0.3 is 9.47 Å². The third-order valence-electron chi connectivity index (χ3n) is 3.28. The van der Waals surface area contributed by atoms with Crippen LogP contribution in [-0.2, 0) is 16.1 Å². The maximum atomic E-state index is 9.13. The van der Waals surface area contributed by atoms with Crippen LogP contribution in [0.5, 0.6) is 0 Å². The smallest absolute Gasteiger partial charge is 0.155 e. The monoisotopic (exact) mass is 400 g/mol. The van der Waals surface area contributed by atoms with E-state index in [4.69, 9.17) is 20.1 Å². The number of methoxy groups -OCH3 is 1. The summed E-state index contributed by atoms with van der Waals surface area (Å²) in [5, 5.41) is 17.1. The van der Waals surface area contributed by atoms with E-state index < -0.39 is 5.60 Å². The highest BCUT2D eigenvalue weighted by Gasteiger charge is 2.37. The fourth-order valence-electron chi connectivity index (χ4n) is 2.07. The molecule has 1 aliphatic rings. The number of halogens is 1. The molecule has 6 heteroatoms. The lowest BCUT2D eigenvalue weighted by Crippen LogP contribution is -2.47. The molecule has 0 spiro atoms. The molecule has 2 rings (SSSR count). The first kappa shape index (κ1) is 16.0. The minimum atomic E-state index is -1.05. The fourth-order valence-corrected chi connectivity index (χ4v) is 2.66. The van der Waals surface area contributed by atoms with Crippen LogP contribution in [0.1, 0.15) is 12.0 Å². The van der Waals surface area contributed by atoms with Crippen molar-refractivity contribution >= 4 is 28.4 Å². The van der Waals surface area contributed by atoms with Crippen molar-refractivity contribution in [2.24, 2.45) is 0 Å². The summed E-state index contributed by atoms with van der Waals surface area (Å²) in [6.07, 6.45) is 4.11. The minimum absolute atomic E-state index is 0.117. The lowest BCUT2D eigenvalue weighted by Gasteiger charge is -2.33. The maximum Gasteiger partial charge on any atom is 0.155 e. The van der Waals surface area contributed by atoms with E-state index in [0.29, 0.717) is 18.8 Å². The van der Waals surface area contributed by atoms with Gasteiger partial charge in [0.2, 0.25) is 0 Å². The Balaban J connectivity index is 2.23. The van der Waals surface area contributed by atoms with Gasteiger partial charge in [-0.2, -0.15) is 0 Å². The number of ether oxygens (including phenoxy) is 2. The van der Waals surface area contributed by atoms with Gasteiger partial charge in [0.15, 0.2) is 11.4 Å². The maximum absolute atomic E-state index is 9.13. The molecule has 0 fully saturated rings. The second kappa shape index (κ2) is 7.06. The van der Waals surface area contributed by atoms with E-state index in [1.54, 1.807) is 13.2 Å². The zero-order chi connectivity index (χ0) is 15.3. The highest BCUT2D eigenvalue weighted by molar-refractivity contribution is 14.1. The first-order chi connectivity index (χ1) is 10.1. The van der Waals surface area contributed by atoms with Gasteiger partial charge in [0.25, 0.3) is 0 Å². The largest absolute Gasteiger partial charge is 0.496 e. The van der Waals surface area contributed by atoms with Gasteiger partial charge in [0, 0.05) is 6.42 Å². The molecule has 112 valence electrons. The Morgan fingerprint density at radius 1 is 1.43 bits per heavy atom. The van der Waals surface area contributed by atoms with Gasteiger partial charge in [-0.1, -0.05) is 36.4 Å². The van der Waals surface area contributed by atoms with Crippen molar-refractivity contribution in [2.45, 2.75) is 18.6 Å². The van der Waals surface area contributed by atoms with Crippen LogP contribution < -0.4 is 5.48 Å². The van der Waals surface area contributed by atoms with E-state index in [0.717, 1.165) is 9.14 Å². The molecular weight excluding hydrogens is 383 g/mol. The topological polar surface area (TPSA) is 74.6 Å². The second-order valence-electron chi connectivity index (χ2n) is 4.62. The zero-order valence-electron chi connectivity index (χ0n) is 11.6. The summed E-state index contributed by atoms with van der Waals surface area (Å²) < 4.78 is 12.2. The Hall–Kier alpha value is -1.38. The average Bonchev–Trinajstić information content (AvgIpc) is 2.54. The number of hydrogen-bond acceptors (Lipinski definition) is 4. The first-order valence-electron chi connectivity index (χ1n) is 6.41. The highest BCUT2D eigenvalue weighted by Crippen LogP contribution is 2.33. The molecule has 1 aromatic rings. The lowest BCUT2D eigenvalue weighted by molar-refractivity contribution is 0.0178. The normalized spacial score (nSPS) is 21.3. The number of hydrogen-bond donors (Lipinski definition) is 3. The fraction of sp³-hybridized carbons (Fsp3) is 0.267. The van der Waals surface area contributed by atoms with Crippen LogP contribution in [0.15, 0.2) is 51.8 Å². The molecular formula is C15H17IN2O3. The molecule has 1 unspecified atom stereocenters. The average molecular weight is 400 g/mol. The van der Waals surface area contributed by atoms with Gasteiger partial charge in [0.1, 0.15) is 5.76 Å². The lowest BCUT2D eigenvalue weighted by atomic mass is 9.92. The number of allylic oxidation sites excluding steroid dienone is 1. The molecule has 0 radical (unpaired) electrons. The van der Waals surface area contributed by atoms with Gasteiger partial charge >= 0.3 is 0 Å². The van der Waals surface area contributed by atoms with Crippen LogP contribution >= 0.6 is 22.6 Å². The molecule has 1 aliphatic carbocycles. The van der Waals surface area contributed by atoms with Gasteiger partial charge in [-0.25, -0.2) is 0 Å². The van der Waals surface area contributed by atoms with Crippen molar-refractivity contribution < 1.29 is 14.7 Å². The molecule has 0 heterocycles. The van der Waals surface area contributed by atoms with E-state index in [1.807, 2.05) is 41.9 Å². The third kappa shape index (κ3) is 3.63. The molecule has 0 bridgehead atoms. The Kier molecular flexibility index (Phi) is 5.38. The predicted octanol–water partition coefficient (Wildman–Crippen LogP) is 3.15. The Morgan fingerprint density at radius 3 is 2.76 bits per heavy atom. The summed E-state index contributed by atoms with van der Waals surface area (Å²) in [5.74, 6) is 0.517. The predicted molar refractivity (Wildman–Crippen MR) is 88.4 cm³/mol. The van der Waals surface area contributed by atoms with Crippen molar-refractivity contribution in [3.05, 3.63) is 57.4 Å². The van der Waals surface area contributed by atoms with Gasteiger partial charge in [-0.3, -0.25) is 16.1 Å². The summed E-state index contributed by atoms with van der Waals surface area (Å²) in [6, 6.07) is 9.70. The molecule has 0 saturated carbocycles. The number of nitrogens with one attached hydrogen (secondary N) is 2. The van der Waals surface area contributed by atoms with Crippen LogP contribution in [0.2, 0.25) is 0 Å². The van der Waals surface area contributed by atoms with Crippen molar-refractivity contribution in [1.29, 1.82) is 5.41 Å². The van der Waals surface area contributed by atoms with E-state index >= 15 is 0 Å². The zero-order valence-corrected chi connectivity index (χ0v) is 13.8. The number of amidine groups is 1. The quantitative estimate of drug-likeness (QED) is 0.307. The Bertz CT molecular complexity index is 572. The van der Waals surface area contributed by atoms with Crippen LogP contribution in [0.25, 0.3) is 0 Å². The van der Waals surface area contributed by atoms with E-state index in [-0.39, 0.29) is 5.84 Å². The summed E-state index contributed by atoms with van der Waals surface area (Å²) in [4.78, 5) is 0. The molecule has 0 aromatic heterocycles. The highest BCUT2D eigenvalue weighted by atomic mass is 127. The minimum Gasteiger partial charge on any atom is -0.496 e. The van der Waals surface area contributed by atoms with Crippen LogP contribution in [0, 0.1) is 5.41 Å². The molecule has 5 nitrogen and oxygen atoms in total. The first-order valence-corrected chi connectivity index (χ1v) is 7.49. The summed E-state index contributed by atoms with van der Waals surface area (Å²) in [6.45, 7) is 0.336. The molecule has 0 saturated heterocycles. The van der Waals surface area contributed by atoms with Crippen molar-refractivity contribution in [3.63, 3.8) is 0 Å². The van der Waals surface area contributed by atoms with E-state index in [1.165, 1.54) is 0 Å². The Labute approximate surface area is 137 Å². The van der Waals surface area contributed by atoms with Crippen molar-refractivity contribution in [2.75, 3.05) is 7.11 Å². The van der Waals surface area contributed by atoms with Gasteiger partial charge in [0.05, 0.1) is 17.3 Å². The summed E-state index contributed by atoms with van der Waals surface area (Å²) >= 11 is 2.17. The SMILES string of the molecule is COC1=CC(OCc2ccccc2)(C(=N)NO)CC=C1I. The van der Waals surface area contributed by atoms with Crippen molar-refractivity contribution in [1.82, 2.24) is 5.48 Å². The molecule has 1 atom stereocenters. The number of benzene rings is 1. The molecule has 21 heavy (non-hydrogen) atoms. The Morgan fingerprint density at radius 2 is 2.14 bits per heavy atom. The number of hydroxylamine groups is 1. The third-order valence-corrected chi connectivity index (χ3v) is 4.25.